The summed E-state index contributed by atoms with van der Waals surface area (Å²) in [6.07, 6.45) is 3.12. The van der Waals surface area contributed by atoms with Crippen molar-refractivity contribution in [3.8, 4) is 0 Å². The highest BCUT2D eigenvalue weighted by atomic mass is 16.2. The second-order valence-corrected chi connectivity index (χ2v) is 4.86. The number of nitrogens with zero attached hydrogens (tertiary/aromatic N) is 1. The summed E-state index contributed by atoms with van der Waals surface area (Å²) in [6.45, 7) is 5.61. The maximum Gasteiger partial charge on any atom is 0.257 e. The summed E-state index contributed by atoms with van der Waals surface area (Å²) in [6, 6.07) is 10.7. The zero-order chi connectivity index (χ0) is 15.9. The number of anilines is 1. The largest absolute Gasteiger partial charge is 0.348 e. The van der Waals surface area contributed by atoms with E-state index in [0.717, 1.165) is 5.56 Å². The van der Waals surface area contributed by atoms with Gasteiger partial charge in [-0.05, 0) is 36.8 Å². The normalized spacial score (nSPS) is 9.86. The van der Waals surface area contributed by atoms with Gasteiger partial charge in [0.1, 0.15) is 0 Å². The van der Waals surface area contributed by atoms with Crippen LogP contribution in [-0.2, 0) is 11.3 Å². The van der Waals surface area contributed by atoms with Gasteiger partial charge in [-0.25, -0.2) is 0 Å². The van der Waals surface area contributed by atoms with E-state index in [1.165, 1.54) is 6.20 Å². The lowest BCUT2D eigenvalue weighted by Gasteiger charge is -2.08. The standard InChI is InChI=1S/C17H17N3O2/c1-12(2)16(21)19-10-13-5-3-7-15(9-13)20-17(22)14-6-4-8-18-11-14/h3-9,11H,1,10H2,2H3,(H,19,21)(H,20,22). The fraction of sp³-hybridized carbons (Fsp3) is 0.118. The van der Waals surface area contributed by atoms with Gasteiger partial charge in [0.25, 0.3) is 5.91 Å². The van der Waals surface area contributed by atoms with Crippen molar-refractivity contribution < 1.29 is 9.59 Å². The van der Waals surface area contributed by atoms with Crippen molar-refractivity contribution in [3.05, 3.63) is 72.1 Å². The van der Waals surface area contributed by atoms with Crippen molar-refractivity contribution in [3.63, 3.8) is 0 Å². The van der Waals surface area contributed by atoms with E-state index in [4.69, 9.17) is 0 Å². The van der Waals surface area contributed by atoms with Crippen LogP contribution in [0.5, 0.6) is 0 Å². The molecule has 0 aliphatic rings. The Hall–Kier alpha value is -2.95. The van der Waals surface area contributed by atoms with Crippen molar-refractivity contribution in [1.82, 2.24) is 10.3 Å². The molecule has 1 heterocycles. The molecule has 0 fully saturated rings. The molecule has 2 rings (SSSR count). The van der Waals surface area contributed by atoms with Crippen LogP contribution in [-0.4, -0.2) is 16.8 Å². The molecule has 0 radical (unpaired) electrons. The second kappa shape index (κ2) is 7.17. The molecule has 0 spiro atoms. The molecule has 5 heteroatoms. The first-order chi connectivity index (χ1) is 10.6. The van der Waals surface area contributed by atoms with Crippen LogP contribution in [0.15, 0.2) is 60.9 Å². The molecule has 22 heavy (non-hydrogen) atoms. The number of carbonyl (C=O) groups is 2. The molecule has 0 bridgehead atoms. The number of nitrogens with one attached hydrogen (secondary N) is 2. The average molecular weight is 295 g/mol. The second-order valence-electron chi connectivity index (χ2n) is 4.86. The van der Waals surface area contributed by atoms with E-state index in [9.17, 15) is 9.59 Å². The predicted molar refractivity (Wildman–Crippen MR) is 85.3 cm³/mol. The van der Waals surface area contributed by atoms with Gasteiger partial charge in [0.05, 0.1) is 5.56 Å². The van der Waals surface area contributed by atoms with E-state index < -0.39 is 0 Å². The average Bonchev–Trinajstić information content (AvgIpc) is 2.53. The van der Waals surface area contributed by atoms with Crippen LogP contribution in [0.2, 0.25) is 0 Å². The lowest BCUT2D eigenvalue weighted by molar-refractivity contribution is -0.117. The first-order valence-electron chi connectivity index (χ1n) is 6.80. The third-order valence-corrected chi connectivity index (χ3v) is 2.95. The highest BCUT2D eigenvalue weighted by Gasteiger charge is 2.06. The predicted octanol–water partition coefficient (Wildman–Crippen LogP) is 2.53. The van der Waals surface area contributed by atoms with E-state index in [0.29, 0.717) is 23.4 Å². The van der Waals surface area contributed by atoms with Crippen molar-refractivity contribution in [2.45, 2.75) is 13.5 Å². The van der Waals surface area contributed by atoms with Gasteiger partial charge in [0.15, 0.2) is 0 Å². The SMILES string of the molecule is C=C(C)C(=O)NCc1cccc(NC(=O)c2cccnc2)c1. The van der Waals surface area contributed by atoms with Crippen molar-refractivity contribution >= 4 is 17.5 Å². The number of benzene rings is 1. The zero-order valence-corrected chi connectivity index (χ0v) is 12.3. The van der Waals surface area contributed by atoms with E-state index in [2.05, 4.69) is 22.2 Å². The molecule has 2 N–H and O–H groups in total. The molecule has 0 unspecified atom stereocenters. The summed E-state index contributed by atoms with van der Waals surface area (Å²) in [5.41, 5.74) is 2.50. The van der Waals surface area contributed by atoms with E-state index >= 15 is 0 Å². The highest BCUT2D eigenvalue weighted by molar-refractivity contribution is 6.04. The van der Waals surface area contributed by atoms with E-state index in [1.807, 2.05) is 18.2 Å². The summed E-state index contributed by atoms with van der Waals surface area (Å²) >= 11 is 0. The summed E-state index contributed by atoms with van der Waals surface area (Å²) in [5, 5.41) is 5.55. The fourth-order valence-corrected chi connectivity index (χ4v) is 1.79. The monoisotopic (exact) mass is 295 g/mol. The summed E-state index contributed by atoms with van der Waals surface area (Å²) < 4.78 is 0. The minimum Gasteiger partial charge on any atom is -0.348 e. The lowest BCUT2D eigenvalue weighted by atomic mass is 10.2. The van der Waals surface area contributed by atoms with Crippen LogP contribution >= 0.6 is 0 Å². The smallest absolute Gasteiger partial charge is 0.257 e. The molecule has 0 saturated heterocycles. The van der Waals surface area contributed by atoms with Crippen LogP contribution in [0.25, 0.3) is 0 Å². The molecule has 0 saturated carbocycles. The van der Waals surface area contributed by atoms with Gasteiger partial charge < -0.3 is 10.6 Å². The number of hydrogen-bond donors (Lipinski definition) is 2. The lowest BCUT2D eigenvalue weighted by Crippen LogP contribution is -2.23. The van der Waals surface area contributed by atoms with Crippen LogP contribution in [0.3, 0.4) is 0 Å². The summed E-state index contributed by atoms with van der Waals surface area (Å²) in [5.74, 6) is -0.416. The highest BCUT2D eigenvalue weighted by Crippen LogP contribution is 2.12. The van der Waals surface area contributed by atoms with Crippen LogP contribution in [0, 0.1) is 0 Å². The van der Waals surface area contributed by atoms with Crippen molar-refractivity contribution in [2.24, 2.45) is 0 Å². The summed E-state index contributed by atoms with van der Waals surface area (Å²) in [4.78, 5) is 27.4. The Morgan fingerprint density at radius 1 is 1.23 bits per heavy atom. The zero-order valence-electron chi connectivity index (χ0n) is 12.3. The fourth-order valence-electron chi connectivity index (χ4n) is 1.79. The van der Waals surface area contributed by atoms with Gasteiger partial charge in [-0.2, -0.15) is 0 Å². The molecule has 0 aliphatic carbocycles. The van der Waals surface area contributed by atoms with Crippen LogP contribution < -0.4 is 10.6 Å². The Balaban J connectivity index is 2.01. The van der Waals surface area contributed by atoms with Gasteiger partial charge in [-0.15, -0.1) is 0 Å². The minimum atomic E-state index is -0.226. The molecule has 0 atom stereocenters. The molecular weight excluding hydrogens is 278 g/mol. The minimum absolute atomic E-state index is 0.190. The van der Waals surface area contributed by atoms with Gasteiger partial charge in [-0.1, -0.05) is 18.7 Å². The number of pyridine rings is 1. The Labute approximate surface area is 129 Å². The topological polar surface area (TPSA) is 71.1 Å². The Morgan fingerprint density at radius 2 is 2.05 bits per heavy atom. The van der Waals surface area contributed by atoms with Gasteiger partial charge in [0, 0.05) is 30.2 Å². The molecule has 0 aliphatic heterocycles. The molecule has 112 valence electrons. The third-order valence-electron chi connectivity index (χ3n) is 2.95. The molecule has 2 aromatic rings. The number of carbonyl (C=O) groups excluding carboxylic acids is 2. The van der Waals surface area contributed by atoms with Gasteiger partial charge in [-0.3, -0.25) is 14.6 Å². The number of hydrogen-bond acceptors (Lipinski definition) is 3. The number of amides is 2. The summed E-state index contributed by atoms with van der Waals surface area (Å²) in [7, 11) is 0. The molecular formula is C17H17N3O2. The van der Waals surface area contributed by atoms with Gasteiger partial charge in [0.2, 0.25) is 5.91 Å². The number of rotatable bonds is 5. The van der Waals surface area contributed by atoms with Crippen LogP contribution in [0.4, 0.5) is 5.69 Å². The maximum absolute atomic E-state index is 12.0. The third kappa shape index (κ3) is 4.28. The van der Waals surface area contributed by atoms with Crippen molar-refractivity contribution in [2.75, 3.05) is 5.32 Å². The Bertz CT molecular complexity index is 696. The first kappa shape index (κ1) is 15.4. The van der Waals surface area contributed by atoms with E-state index in [-0.39, 0.29) is 11.8 Å². The molecule has 2 amide bonds. The van der Waals surface area contributed by atoms with E-state index in [1.54, 1.807) is 31.3 Å². The first-order valence-corrected chi connectivity index (χ1v) is 6.80. The molecule has 5 nitrogen and oxygen atoms in total. The van der Waals surface area contributed by atoms with Crippen LogP contribution in [0.1, 0.15) is 22.8 Å². The number of aromatic nitrogens is 1. The van der Waals surface area contributed by atoms with Gasteiger partial charge >= 0.3 is 0 Å². The van der Waals surface area contributed by atoms with Crippen molar-refractivity contribution in [1.29, 1.82) is 0 Å². The maximum atomic E-state index is 12.0. The molecule has 1 aromatic carbocycles. The quantitative estimate of drug-likeness (QED) is 0.833. The Morgan fingerprint density at radius 3 is 2.73 bits per heavy atom. The Kier molecular flexibility index (Phi) is 5.03. The molecule has 1 aromatic heterocycles.